The Morgan fingerprint density at radius 3 is 2.54 bits per heavy atom. The first-order valence-corrected chi connectivity index (χ1v) is 9.21. The topological polar surface area (TPSA) is 38.8 Å². The Labute approximate surface area is 146 Å². The molecule has 2 rings (SSSR count). The second-order valence-electron chi connectivity index (χ2n) is 6.55. The van der Waals surface area contributed by atoms with Gasteiger partial charge in [0.05, 0.1) is 20.3 Å². The van der Waals surface area contributed by atoms with Crippen LogP contribution in [0.25, 0.3) is 0 Å². The second kappa shape index (κ2) is 10.3. The van der Waals surface area contributed by atoms with E-state index in [1.807, 2.05) is 17.0 Å². The first-order valence-electron chi connectivity index (χ1n) is 9.21. The van der Waals surface area contributed by atoms with Crippen molar-refractivity contribution >= 4 is 5.91 Å². The third-order valence-electron chi connectivity index (χ3n) is 4.94. The number of ether oxygens (including phenoxy) is 2. The Morgan fingerprint density at radius 1 is 1.21 bits per heavy atom. The standard InChI is InChI=1S/C20H31NO3/c1-3-17(9-12-20(22)21-13-15-24-16-14-21)5-4-6-18-7-10-19(23-2)11-8-18/h7-8,10-11,17H,3-6,9,12-16H2,1-2H3/t17-/m1/s1. The molecule has 4 heteroatoms. The minimum absolute atomic E-state index is 0.298. The summed E-state index contributed by atoms with van der Waals surface area (Å²) in [5.74, 6) is 1.85. The van der Waals surface area contributed by atoms with E-state index >= 15 is 0 Å². The summed E-state index contributed by atoms with van der Waals surface area (Å²) in [5, 5.41) is 0. The fourth-order valence-corrected chi connectivity index (χ4v) is 3.24. The molecule has 0 saturated carbocycles. The van der Waals surface area contributed by atoms with Gasteiger partial charge < -0.3 is 14.4 Å². The number of morpholine rings is 1. The van der Waals surface area contributed by atoms with Crippen LogP contribution in [0.15, 0.2) is 24.3 Å². The van der Waals surface area contributed by atoms with Gasteiger partial charge in [-0.1, -0.05) is 31.9 Å². The quantitative estimate of drug-likeness (QED) is 0.692. The van der Waals surface area contributed by atoms with Crippen LogP contribution in [0.3, 0.4) is 0 Å². The number of nitrogens with zero attached hydrogens (tertiary/aromatic N) is 1. The molecule has 1 aromatic carbocycles. The van der Waals surface area contributed by atoms with Gasteiger partial charge in [-0.15, -0.1) is 0 Å². The zero-order valence-electron chi connectivity index (χ0n) is 15.1. The predicted molar refractivity (Wildman–Crippen MR) is 96.3 cm³/mol. The number of rotatable bonds is 9. The van der Waals surface area contributed by atoms with E-state index in [1.165, 1.54) is 18.4 Å². The van der Waals surface area contributed by atoms with Gasteiger partial charge in [0, 0.05) is 19.5 Å². The molecule has 0 aliphatic carbocycles. The average molecular weight is 333 g/mol. The molecule has 4 nitrogen and oxygen atoms in total. The molecule has 1 saturated heterocycles. The van der Waals surface area contributed by atoms with Crippen LogP contribution in [-0.4, -0.2) is 44.2 Å². The van der Waals surface area contributed by atoms with Crippen LogP contribution < -0.4 is 4.74 Å². The monoisotopic (exact) mass is 333 g/mol. The summed E-state index contributed by atoms with van der Waals surface area (Å²) >= 11 is 0. The second-order valence-corrected chi connectivity index (χ2v) is 6.55. The summed E-state index contributed by atoms with van der Waals surface area (Å²) in [5.41, 5.74) is 1.36. The van der Waals surface area contributed by atoms with E-state index in [1.54, 1.807) is 7.11 Å². The molecule has 1 aliphatic heterocycles. The average Bonchev–Trinajstić information content (AvgIpc) is 2.65. The summed E-state index contributed by atoms with van der Waals surface area (Å²) < 4.78 is 10.5. The van der Waals surface area contributed by atoms with E-state index in [2.05, 4.69) is 19.1 Å². The van der Waals surface area contributed by atoms with Crippen molar-refractivity contribution in [2.24, 2.45) is 5.92 Å². The van der Waals surface area contributed by atoms with Gasteiger partial charge in [-0.05, 0) is 42.9 Å². The molecule has 0 bridgehead atoms. The Balaban J connectivity index is 1.66. The lowest BCUT2D eigenvalue weighted by Crippen LogP contribution is -2.40. The number of aryl methyl sites for hydroxylation is 1. The molecule has 0 aromatic heterocycles. The van der Waals surface area contributed by atoms with Gasteiger partial charge in [0.1, 0.15) is 5.75 Å². The van der Waals surface area contributed by atoms with Crippen LogP contribution in [0.2, 0.25) is 0 Å². The maximum absolute atomic E-state index is 12.2. The fraction of sp³-hybridized carbons (Fsp3) is 0.650. The summed E-state index contributed by atoms with van der Waals surface area (Å²) in [6, 6.07) is 8.32. The van der Waals surface area contributed by atoms with E-state index in [-0.39, 0.29) is 0 Å². The molecule has 1 fully saturated rings. The molecule has 1 atom stereocenters. The van der Waals surface area contributed by atoms with Crippen molar-refractivity contribution in [2.75, 3.05) is 33.4 Å². The van der Waals surface area contributed by atoms with E-state index in [0.717, 1.165) is 38.1 Å². The van der Waals surface area contributed by atoms with Gasteiger partial charge in [0.15, 0.2) is 0 Å². The minimum atomic E-state index is 0.298. The van der Waals surface area contributed by atoms with E-state index < -0.39 is 0 Å². The molecule has 1 aromatic rings. The highest BCUT2D eigenvalue weighted by Crippen LogP contribution is 2.20. The molecule has 134 valence electrons. The number of hydrogen-bond acceptors (Lipinski definition) is 3. The normalized spacial score (nSPS) is 16.0. The third kappa shape index (κ3) is 6.16. The van der Waals surface area contributed by atoms with Crippen molar-refractivity contribution in [3.63, 3.8) is 0 Å². The van der Waals surface area contributed by atoms with Crippen LogP contribution in [0, 0.1) is 5.92 Å². The van der Waals surface area contributed by atoms with Crippen molar-refractivity contribution in [3.05, 3.63) is 29.8 Å². The summed E-state index contributed by atoms with van der Waals surface area (Å²) in [4.78, 5) is 14.2. The van der Waals surface area contributed by atoms with Crippen molar-refractivity contribution in [1.82, 2.24) is 4.90 Å². The summed E-state index contributed by atoms with van der Waals surface area (Å²) in [6.45, 7) is 5.12. The van der Waals surface area contributed by atoms with Gasteiger partial charge >= 0.3 is 0 Å². The maximum atomic E-state index is 12.2. The van der Waals surface area contributed by atoms with Crippen molar-refractivity contribution in [2.45, 2.75) is 45.4 Å². The predicted octanol–water partition coefficient (Wildman–Crippen LogP) is 3.68. The lowest BCUT2D eigenvalue weighted by molar-refractivity contribution is -0.135. The number of hydrogen-bond donors (Lipinski definition) is 0. The largest absolute Gasteiger partial charge is 0.497 e. The SMILES string of the molecule is CC[C@H](CCCc1ccc(OC)cc1)CCC(=O)N1CCOCC1. The summed E-state index contributed by atoms with van der Waals surface area (Å²) in [7, 11) is 1.69. The van der Waals surface area contributed by atoms with Gasteiger partial charge in [-0.2, -0.15) is 0 Å². The number of carbonyl (C=O) groups excluding carboxylic acids is 1. The summed E-state index contributed by atoms with van der Waals surface area (Å²) in [6.07, 6.45) is 6.31. The van der Waals surface area contributed by atoms with E-state index in [4.69, 9.17) is 9.47 Å². The maximum Gasteiger partial charge on any atom is 0.222 e. The Kier molecular flexibility index (Phi) is 8.10. The third-order valence-corrected chi connectivity index (χ3v) is 4.94. The van der Waals surface area contributed by atoms with Crippen LogP contribution >= 0.6 is 0 Å². The Morgan fingerprint density at radius 2 is 1.92 bits per heavy atom. The molecule has 0 N–H and O–H groups in total. The van der Waals surface area contributed by atoms with Gasteiger partial charge in [-0.3, -0.25) is 4.79 Å². The molecular weight excluding hydrogens is 302 g/mol. The lowest BCUT2D eigenvalue weighted by atomic mass is 9.93. The van der Waals surface area contributed by atoms with Crippen molar-refractivity contribution in [1.29, 1.82) is 0 Å². The molecule has 0 radical (unpaired) electrons. The van der Waals surface area contributed by atoms with E-state index in [0.29, 0.717) is 31.5 Å². The molecule has 24 heavy (non-hydrogen) atoms. The van der Waals surface area contributed by atoms with E-state index in [9.17, 15) is 4.79 Å². The minimum Gasteiger partial charge on any atom is -0.497 e. The zero-order valence-corrected chi connectivity index (χ0v) is 15.1. The van der Waals surface area contributed by atoms with Crippen molar-refractivity contribution in [3.8, 4) is 5.75 Å². The highest BCUT2D eigenvalue weighted by molar-refractivity contribution is 5.76. The van der Waals surface area contributed by atoms with Crippen LogP contribution in [-0.2, 0) is 16.0 Å². The zero-order chi connectivity index (χ0) is 17.2. The smallest absolute Gasteiger partial charge is 0.222 e. The first-order chi connectivity index (χ1) is 11.7. The Hall–Kier alpha value is -1.55. The van der Waals surface area contributed by atoms with Gasteiger partial charge in [0.2, 0.25) is 5.91 Å². The lowest BCUT2D eigenvalue weighted by Gasteiger charge is -2.27. The van der Waals surface area contributed by atoms with Crippen LogP contribution in [0.1, 0.15) is 44.6 Å². The molecule has 0 spiro atoms. The number of methoxy groups -OCH3 is 1. The van der Waals surface area contributed by atoms with Crippen LogP contribution in [0.4, 0.5) is 0 Å². The van der Waals surface area contributed by atoms with Crippen LogP contribution in [0.5, 0.6) is 5.75 Å². The van der Waals surface area contributed by atoms with Crippen molar-refractivity contribution < 1.29 is 14.3 Å². The highest BCUT2D eigenvalue weighted by Gasteiger charge is 2.18. The molecule has 1 aliphatic rings. The number of amides is 1. The number of carbonyl (C=O) groups is 1. The molecule has 1 heterocycles. The molecular formula is C20H31NO3. The molecule has 0 unspecified atom stereocenters. The van der Waals surface area contributed by atoms with Gasteiger partial charge in [-0.25, -0.2) is 0 Å². The Bertz CT molecular complexity index is 480. The van der Waals surface area contributed by atoms with Gasteiger partial charge in [0.25, 0.3) is 0 Å². The highest BCUT2D eigenvalue weighted by atomic mass is 16.5. The number of benzene rings is 1. The fourth-order valence-electron chi connectivity index (χ4n) is 3.24. The molecule has 1 amide bonds. The first kappa shape index (κ1) is 18.8.